The summed E-state index contributed by atoms with van der Waals surface area (Å²) in [6.45, 7) is 1.86. The largest absolute Gasteiger partial charge is 0.497 e. The molecule has 1 unspecified atom stereocenters. The third-order valence-corrected chi connectivity index (χ3v) is 3.58. The van der Waals surface area contributed by atoms with Gasteiger partial charge in [-0.15, -0.1) is 0 Å². The van der Waals surface area contributed by atoms with Crippen LogP contribution in [-0.2, 0) is 6.42 Å². The summed E-state index contributed by atoms with van der Waals surface area (Å²) in [6, 6.07) is 7.56. The maximum atomic E-state index is 10.2. The minimum Gasteiger partial charge on any atom is -0.497 e. The average molecular weight is 311 g/mol. The summed E-state index contributed by atoms with van der Waals surface area (Å²) in [5, 5.41) is 10.2. The lowest BCUT2D eigenvalue weighted by molar-refractivity contribution is 0.177. The van der Waals surface area contributed by atoms with Crippen molar-refractivity contribution in [2.24, 2.45) is 0 Å². The van der Waals surface area contributed by atoms with E-state index in [0.717, 1.165) is 27.1 Å². The Bertz CT molecular complexity index is 534. The molecule has 2 aromatic rings. The Morgan fingerprint density at radius 2 is 2.17 bits per heavy atom. The van der Waals surface area contributed by atoms with Crippen LogP contribution in [0.3, 0.4) is 0 Å². The second-order valence-electron chi connectivity index (χ2n) is 4.17. The molecule has 0 aliphatic heterocycles. The van der Waals surface area contributed by atoms with Crippen molar-refractivity contribution in [1.82, 2.24) is 0 Å². The monoisotopic (exact) mass is 310 g/mol. The van der Waals surface area contributed by atoms with E-state index < -0.39 is 6.10 Å². The maximum absolute atomic E-state index is 10.2. The molecular weight excluding hydrogens is 296 g/mol. The second kappa shape index (κ2) is 5.59. The van der Waals surface area contributed by atoms with Crippen molar-refractivity contribution in [3.63, 3.8) is 0 Å². The predicted molar refractivity (Wildman–Crippen MR) is 72.8 cm³/mol. The molecule has 18 heavy (non-hydrogen) atoms. The first kappa shape index (κ1) is 13.2. The highest BCUT2D eigenvalue weighted by Crippen LogP contribution is 2.28. The van der Waals surface area contributed by atoms with Crippen molar-refractivity contribution >= 4 is 15.9 Å². The molecule has 4 heteroatoms. The van der Waals surface area contributed by atoms with Crippen LogP contribution in [-0.4, -0.2) is 12.2 Å². The smallest absolute Gasteiger partial charge is 0.119 e. The Kier molecular flexibility index (Phi) is 4.09. The van der Waals surface area contributed by atoms with Gasteiger partial charge in [-0.3, -0.25) is 0 Å². The maximum Gasteiger partial charge on any atom is 0.119 e. The van der Waals surface area contributed by atoms with Crippen LogP contribution >= 0.6 is 15.9 Å². The number of halogens is 1. The molecule has 1 atom stereocenters. The highest BCUT2D eigenvalue weighted by atomic mass is 79.9. The van der Waals surface area contributed by atoms with Crippen molar-refractivity contribution in [3.05, 3.63) is 51.9 Å². The van der Waals surface area contributed by atoms with E-state index in [-0.39, 0.29) is 0 Å². The van der Waals surface area contributed by atoms with Gasteiger partial charge in [0.05, 0.1) is 19.5 Å². The number of ether oxygens (including phenoxy) is 1. The van der Waals surface area contributed by atoms with Crippen molar-refractivity contribution in [2.75, 3.05) is 7.11 Å². The number of hydrogen-bond donors (Lipinski definition) is 1. The molecule has 0 aliphatic carbocycles. The lowest BCUT2D eigenvalue weighted by Crippen LogP contribution is -2.01. The standard InChI is InChI=1S/C14H15BrO3/c1-9-5-11(8-18-9)14(16)7-10-6-12(17-2)3-4-13(10)15/h3-6,8,14,16H,7H2,1-2H3. The van der Waals surface area contributed by atoms with Gasteiger partial charge in [0, 0.05) is 16.5 Å². The van der Waals surface area contributed by atoms with Gasteiger partial charge in [0.15, 0.2) is 0 Å². The van der Waals surface area contributed by atoms with Crippen LogP contribution in [0.1, 0.15) is 23.0 Å². The minimum absolute atomic E-state index is 0.511. The average Bonchev–Trinajstić information content (AvgIpc) is 2.79. The molecular formula is C14H15BrO3. The van der Waals surface area contributed by atoms with Crippen LogP contribution < -0.4 is 4.74 Å². The predicted octanol–water partition coefficient (Wildman–Crippen LogP) is 3.64. The van der Waals surface area contributed by atoms with Crippen molar-refractivity contribution in [2.45, 2.75) is 19.4 Å². The second-order valence-corrected chi connectivity index (χ2v) is 5.02. The Hall–Kier alpha value is -1.26. The van der Waals surface area contributed by atoms with Gasteiger partial charge in [-0.25, -0.2) is 0 Å². The van der Waals surface area contributed by atoms with Crippen LogP contribution in [0.4, 0.5) is 0 Å². The minimum atomic E-state index is -0.578. The highest BCUT2D eigenvalue weighted by Gasteiger charge is 2.13. The van der Waals surface area contributed by atoms with Crippen molar-refractivity contribution in [1.29, 1.82) is 0 Å². The molecule has 1 N–H and O–H groups in total. The number of benzene rings is 1. The first-order valence-corrected chi connectivity index (χ1v) is 6.45. The van der Waals surface area contributed by atoms with Crippen LogP contribution in [0, 0.1) is 6.92 Å². The lowest BCUT2D eigenvalue weighted by atomic mass is 10.0. The third kappa shape index (κ3) is 2.94. The number of furan rings is 1. The summed E-state index contributed by atoms with van der Waals surface area (Å²) in [7, 11) is 1.63. The zero-order valence-electron chi connectivity index (χ0n) is 10.3. The third-order valence-electron chi connectivity index (χ3n) is 2.80. The molecule has 0 saturated carbocycles. The van der Waals surface area contributed by atoms with E-state index in [0.29, 0.717) is 6.42 Å². The van der Waals surface area contributed by atoms with E-state index in [1.807, 2.05) is 31.2 Å². The summed E-state index contributed by atoms with van der Waals surface area (Å²) in [6.07, 6.45) is 1.52. The van der Waals surface area contributed by atoms with Gasteiger partial charge < -0.3 is 14.3 Å². The summed E-state index contributed by atoms with van der Waals surface area (Å²) in [5.41, 5.74) is 1.79. The normalized spacial score (nSPS) is 12.4. The summed E-state index contributed by atoms with van der Waals surface area (Å²) in [4.78, 5) is 0. The highest BCUT2D eigenvalue weighted by molar-refractivity contribution is 9.10. The van der Waals surface area contributed by atoms with Gasteiger partial charge in [0.25, 0.3) is 0 Å². The number of aryl methyl sites for hydroxylation is 1. The number of rotatable bonds is 4. The quantitative estimate of drug-likeness (QED) is 0.937. The summed E-state index contributed by atoms with van der Waals surface area (Å²) < 4.78 is 11.3. The molecule has 0 fully saturated rings. The van der Waals surface area contributed by atoms with Crippen LogP contribution in [0.5, 0.6) is 5.75 Å². The molecule has 3 nitrogen and oxygen atoms in total. The van der Waals surface area contributed by atoms with Gasteiger partial charge in [-0.05, 0) is 36.8 Å². The number of aliphatic hydroxyl groups is 1. The Morgan fingerprint density at radius 1 is 1.39 bits per heavy atom. The van der Waals surface area contributed by atoms with E-state index in [1.165, 1.54) is 0 Å². The molecule has 1 aromatic heterocycles. The topological polar surface area (TPSA) is 42.6 Å². The number of methoxy groups -OCH3 is 1. The first-order chi connectivity index (χ1) is 8.60. The van der Waals surface area contributed by atoms with Crippen LogP contribution in [0.2, 0.25) is 0 Å². The van der Waals surface area contributed by atoms with Gasteiger partial charge in [0.2, 0.25) is 0 Å². The molecule has 1 heterocycles. The first-order valence-electron chi connectivity index (χ1n) is 5.65. The van der Waals surface area contributed by atoms with Gasteiger partial charge in [0.1, 0.15) is 11.5 Å². The van der Waals surface area contributed by atoms with Crippen molar-refractivity contribution < 1.29 is 14.3 Å². The Balaban J connectivity index is 2.18. The summed E-state index contributed by atoms with van der Waals surface area (Å²) in [5.74, 6) is 1.58. The molecule has 0 spiro atoms. The van der Waals surface area contributed by atoms with E-state index in [4.69, 9.17) is 9.15 Å². The van der Waals surface area contributed by atoms with E-state index in [2.05, 4.69) is 15.9 Å². The van der Waals surface area contributed by atoms with E-state index in [1.54, 1.807) is 13.4 Å². The zero-order valence-corrected chi connectivity index (χ0v) is 11.9. The van der Waals surface area contributed by atoms with Crippen LogP contribution in [0.25, 0.3) is 0 Å². The fraction of sp³-hybridized carbons (Fsp3) is 0.286. The molecule has 0 aliphatic rings. The van der Waals surface area contributed by atoms with Gasteiger partial charge in [-0.1, -0.05) is 15.9 Å². The molecule has 0 saturated heterocycles. The zero-order chi connectivity index (χ0) is 13.1. The molecule has 0 bridgehead atoms. The molecule has 1 aromatic carbocycles. The van der Waals surface area contributed by atoms with E-state index >= 15 is 0 Å². The van der Waals surface area contributed by atoms with Gasteiger partial charge in [-0.2, -0.15) is 0 Å². The number of hydrogen-bond acceptors (Lipinski definition) is 3. The Labute approximate surface area is 115 Å². The van der Waals surface area contributed by atoms with Crippen LogP contribution in [0.15, 0.2) is 39.4 Å². The molecule has 0 radical (unpaired) electrons. The van der Waals surface area contributed by atoms with Crippen molar-refractivity contribution in [3.8, 4) is 5.75 Å². The Morgan fingerprint density at radius 3 is 2.78 bits per heavy atom. The fourth-order valence-electron chi connectivity index (χ4n) is 1.80. The molecule has 96 valence electrons. The number of aliphatic hydroxyl groups excluding tert-OH is 1. The fourth-order valence-corrected chi connectivity index (χ4v) is 2.21. The SMILES string of the molecule is COc1ccc(Br)c(CC(O)c2coc(C)c2)c1. The lowest BCUT2D eigenvalue weighted by Gasteiger charge is -2.11. The van der Waals surface area contributed by atoms with Gasteiger partial charge >= 0.3 is 0 Å². The molecule has 0 amide bonds. The molecule has 2 rings (SSSR count). The summed E-state index contributed by atoms with van der Waals surface area (Å²) >= 11 is 3.48. The van der Waals surface area contributed by atoms with E-state index in [9.17, 15) is 5.11 Å².